The van der Waals surface area contributed by atoms with E-state index in [2.05, 4.69) is 10.3 Å². The molecule has 6 nitrogen and oxygen atoms in total. The maximum Gasteiger partial charge on any atom is 0.310 e. The highest BCUT2D eigenvalue weighted by Crippen LogP contribution is 2.18. The Hall–Kier alpha value is -2.34. The fourth-order valence-electron chi connectivity index (χ4n) is 2.71. The lowest BCUT2D eigenvalue weighted by Gasteiger charge is -2.10. The number of carbonyl (C=O) groups is 2. The number of ether oxygens (including phenoxy) is 2. The molecule has 2 aromatic rings. The molecule has 0 spiro atoms. The smallest absolute Gasteiger partial charge is 0.310 e. The van der Waals surface area contributed by atoms with Gasteiger partial charge in [0.1, 0.15) is 0 Å². The largest absolute Gasteiger partial charge is 0.455 e. The Morgan fingerprint density at radius 2 is 2.22 bits per heavy atom. The van der Waals surface area contributed by atoms with Gasteiger partial charge in [0.2, 0.25) is 0 Å². The summed E-state index contributed by atoms with van der Waals surface area (Å²) in [5.41, 5.74) is 1.84. The zero-order valence-electron chi connectivity index (χ0n) is 12.8. The maximum atomic E-state index is 11.9. The average Bonchev–Trinajstić information content (AvgIpc) is 3.21. The van der Waals surface area contributed by atoms with Crippen LogP contribution in [0.2, 0.25) is 0 Å². The molecule has 0 saturated carbocycles. The van der Waals surface area contributed by atoms with Gasteiger partial charge in [-0.1, -0.05) is 18.2 Å². The molecule has 1 saturated heterocycles. The highest BCUT2D eigenvalue weighted by atomic mass is 16.5. The van der Waals surface area contributed by atoms with E-state index in [0.29, 0.717) is 6.54 Å². The Labute approximate surface area is 134 Å². The van der Waals surface area contributed by atoms with Gasteiger partial charge in [0.15, 0.2) is 6.61 Å². The van der Waals surface area contributed by atoms with E-state index in [9.17, 15) is 9.59 Å². The number of hydrogen-bond acceptors (Lipinski definition) is 4. The predicted octanol–water partition coefficient (Wildman–Crippen LogP) is 1.55. The number of aromatic amines is 1. The van der Waals surface area contributed by atoms with Crippen LogP contribution in [0.3, 0.4) is 0 Å². The molecule has 0 bridgehead atoms. The molecule has 1 fully saturated rings. The molecule has 122 valence electrons. The van der Waals surface area contributed by atoms with E-state index < -0.39 is 5.97 Å². The van der Waals surface area contributed by atoms with Crippen molar-refractivity contribution >= 4 is 22.8 Å². The van der Waals surface area contributed by atoms with Crippen LogP contribution in [-0.2, 0) is 25.5 Å². The first-order valence-corrected chi connectivity index (χ1v) is 7.81. The maximum absolute atomic E-state index is 11.9. The van der Waals surface area contributed by atoms with E-state index in [4.69, 9.17) is 9.47 Å². The summed E-state index contributed by atoms with van der Waals surface area (Å²) in [5, 5.41) is 3.71. The minimum absolute atomic E-state index is 0.0841. The Bertz CT molecular complexity index is 689. The Morgan fingerprint density at radius 3 is 3.04 bits per heavy atom. The summed E-state index contributed by atoms with van der Waals surface area (Å²) < 4.78 is 10.4. The molecule has 1 aromatic heterocycles. The summed E-state index contributed by atoms with van der Waals surface area (Å²) >= 11 is 0. The van der Waals surface area contributed by atoms with Crippen molar-refractivity contribution in [3.05, 3.63) is 36.0 Å². The number of hydrogen-bond donors (Lipinski definition) is 2. The van der Waals surface area contributed by atoms with Crippen molar-refractivity contribution in [1.82, 2.24) is 10.3 Å². The quantitative estimate of drug-likeness (QED) is 0.792. The van der Waals surface area contributed by atoms with Crippen LogP contribution in [0, 0.1) is 0 Å². The molecule has 23 heavy (non-hydrogen) atoms. The number of amides is 1. The number of rotatable bonds is 6. The van der Waals surface area contributed by atoms with Crippen LogP contribution >= 0.6 is 0 Å². The lowest BCUT2D eigenvalue weighted by atomic mass is 10.1. The number of carbonyl (C=O) groups excluding carboxylic acids is 2. The highest BCUT2D eigenvalue weighted by molar-refractivity contribution is 5.88. The monoisotopic (exact) mass is 316 g/mol. The van der Waals surface area contributed by atoms with Crippen molar-refractivity contribution in [3.63, 3.8) is 0 Å². The predicted molar refractivity (Wildman–Crippen MR) is 84.9 cm³/mol. The minimum Gasteiger partial charge on any atom is -0.455 e. The van der Waals surface area contributed by atoms with E-state index in [1.54, 1.807) is 6.20 Å². The molecule has 0 radical (unpaired) electrons. The standard InChI is InChI=1S/C17H20N2O4/c20-16(19-10-13-4-3-7-22-13)11-23-17(21)8-12-9-18-15-6-2-1-5-14(12)15/h1-2,5-6,9,13,18H,3-4,7-8,10-11H2,(H,19,20)/t13-/m1/s1. The van der Waals surface area contributed by atoms with Gasteiger partial charge in [-0.2, -0.15) is 0 Å². The molecule has 2 heterocycles. The van der Waals surface area contributed by atoms with Gasteiger partial charge in [-0.15, -0.1) is 0 Å². The summed E-state index contributed by atoms with van der Waals surface area (Å²) in [6.07, 6.45) is 4.01. The molecule has 6 heteroatoms. The van der Waals surface area contributed by atoms with Gasteiger partial charge in [0.25, 0.3) is 5.91 Å². The van der Waals surface area contributed by atoms with Gasteiger partial charge >= 0.3 is 5.97 Å². The Kier molecular flexibility index (Phi) is 4.92. The van der Waals surface area contributed by atoms with E-state index in [0.717, 1.165) is 35.9 Å². The fourth-order valence-corrected chi connectivity index (χ4v) is 2.71. The van der Waals surface area contributed by atoms with Crippen LogP contribution in [0.5, 0.6) is 0 Å². The van der Waals surface area contributed by atoms with E-state index >= 15 is 0 Å². The second-order valence-corrected chi connectivity index (χ2v) is 5.64. The normalized spacial score (nSPS) is 17.3. The van der Waals surface area contributed by atoms with Gasteiger partial charge < -0.3 is 19.8 Å². The van der Waals surface area contributed by atoms with Gasteiger partial charge in [-0.05, 0) is 24.5 Å². The molecular formula is C17H20N2O4. The lowest BCUT2D eigenvalue weighted by Crippen LogP contribution is -2.35. The van der Waals surface area contributed by atoms with Gasteiger partial charge in [-0.25, -0.2) is 0 Å². The topological polar surface area (TPSA) is 80.4 Å². The second-order valence-electron chi connectivity index (χ2n) is 5.64. The highest BCUT2D eigenvalue weighted by Gasteiger charge is 2.17. The number of esters is 1. The third kappa shape index (κ3) is 4.10. The van der Waals surface area contributed by atoms with Crippen molar-refractivity contribution in [2.75, 3.05) is 19.8 Å². The van der Waals surface area contributed by atoms with Crippen molar-refractivity contribution in [2.24, 2.45) is 0 Å². The molecule has 0 aliphatic carbocycles. The van der Waals surface area contributed by atoms with Gasteiger partial charge in [-0.3, -0.25) is 9.59 Å². The third-order valence-corrected chi connectivity index (χ3v) is 3.92. The second kappa shape index (κ2) is 7.28. The Balaban J connectivity index is 1.43. The van der Waals surface area contributed by atoms with Crippen molar-refractivity contribution in [1.29, 1.82) is 0 Å². The first kappa shape index (κ1) is 15.6. The molecule has 1 aliphatic rings. The molecule has 1 aliphatic heterocycles. The molecule has 1 aromatic carbocycles. The first-order valence-electron chi connectivity index (χ1n) is 7.81. The zero-order valence-corrected chi connectivity index (χ0v) is 12.8. The summed E-state index contributed by atoms with van der Waals surface area (Å²) in [6.45, 7) is 0.965. The molecule has 1 atom stereocenters. The Morgan fingerprint density at radius 1 is 1.35 bits per heavy atom. The third-order valence-electron chi connectivity index (χ3n) is 3.92. The average molecular weight is 316 g/mol. The minimum atomic E-state index is -0.415. The van der Waals surface area contributed by atoms with Crippen LogP contribution in [0.15, 0.2) is 30.5 Å². The van der Waals surface area contributed by atoms with Gasteiger partial charge in [0, 0.05) is 30.3 Å². The van der Waals surface area contributed by atoms with Crippen LogP contribution in [0.4, 0.5) is 0 Å². The lowest BCUT2D eigenvalue weighted by molar-refractivity contribution is -0.147. The molecule has 0 unspecified atom stereocenters. The summed E-state index contributed by atoms with van der Waals surface area (Å²) in [7, 11) is 0. The molecular weight excluding hydrogens is 296 g/mol. The number of para-hydroxylation sites is 1. The van der Waals surface area contributed by atoms with Crippen molar-refractivity contribution < 1.29 is 19.1 Å². The van der Waals surface area contributed by atoms with Crippen molar-refractivity contribution in [3.8, 4) is 0 Å². The van der Waals surface area contributed by atoms with Crippen LogP contribution < -0.4 is 5.32 Å². The summed E-state index contributed by atoms with van der Waals surface area (Å²) in [6, 6.07) is 7.74. The molecule has 3 rings (SSSR count). The van der Waals surface area contributed by atoms with Gasteiger partial charge in [0.05, 0.1) is 12.5 Å². The summed E-state index contributed by atoms with van der Waals surface area (Å²) in [4.78, 5) is 26.7. The zero-order chi connectivity index (χ0) is 16.1. The number of benzene rings is 1. The molecule has 2 N–H and O–H groups in total. The first-order chi connectivity index (χ1) is 11.2. The number of fused-ring (bicyclic) bond motifs is 1. The number of aromatic nitrogens is 1. The van der Waals surface area contributed by atoms with Crippen LogP contribution in [-0.4, -0.2) is 42.7 Å². The van der Waals surface area contributed by atoms with E-state index in [-0.39, 0.29) is 25.0 Å². The number of H-pyrrole nitrogens is 1. The van der Waals surface area contributed by atoms with E-state index in [1.165, 1.54) is 0 Å². The summed E-state index contributed by atoms with van der Waals surface area (Å²) in [5.74, 6) is -0.713. The van der Waals surface area contributed by atoms with Crippen molar-refractivity contribution in [2.45, 2.75) is 25.4 Å². The fraction of sp³-hybridized carbons (Fsp3) is 0.412. The molecule has 1 amide bonds. The van der Waals surface area contributed by atoms with Crippen LogP contribution in [0.25, 0.3) is 10.9 Å². The van der Waals surface area contributed by atoms with Crippen LogP contribution in [0.1, 0.15) is 18.4 Å². The number of nitrogens with one attached hydrogen (secondary N) is 2. The SMILES string of the molecule is O=C(COC(=O)Cc1c[nH]c2ccccc12)NC[C@H]1CCCO1. The van der Waals surface area contributed by atoms with E-state index in [1.807, 2.05) is 24.3 Å².